The molecule has 0 N–H and O–H groups in total. The maximum Gasteiger partial charge on any atom is 0.258 e. The molecule has 156 valence electrons. The summed E-state index contributed by atoms with van der Waals surface area (Å²) in [6.45, 7) is 1.06. The Morgan fingerprint density at radius 1 is 1.03 bits per heavy atom. The average molecular weight is 409 g/mol. The lowest BCUT2D eigenvalue weighted by Gasteiger charge is -2.16. The van der Waals surface area contributed by atoms with Crippen molar-refractivity contribution in [2.45, 2.75) is 18.9 Å². The summed E-state index contributed by atoms with van der Waals surface area (Å²) in [5.74, 6) is 2.86. The minimum Gasteiger partial charge on any atom is -0.497 e. The second kappa shape index (κ2) is 8.44. The number of aromatic nitrogens is 2. The molecule has 1 atom stereocenters. The van der Waals surface area contributed by atoms with Gasteiger partial charge < -0.3 is 23.6 Å². The molecule has 1 aromatic heterocycles. The molecule has 2 aromatic carbocycles. The van der Waals surface area contributed by atoms with Crippen LogP contribution in [0.25, 0.3) is 11.5 Å². The van der Waals surface area contributed by atoms with Gasteiger partial charge in [0.05, 0.1) is 21.3 Å². The van der Waals surface area contributed by atoms with Gasteiger partial charge in [-0.25, -0.2) is 0 Å². The molecule has 30 heavy (non-hydrogen) atoms. The van der Waals surface area contributed by atoms with E-state index in [0.29, 0.717) is 48.3 Å². The van der Waals surface area contributed by atoms with E-state index in [-0.39, 0.29) is 11.8 Å². The molecule has 0 aliphatic carbocycles. The van der Waals surface area contributed by atoms with Gasteiger partial charge >= 0.3 is 0 Å². The zero-order valence-corrected chi connectivity index (χ0v) is 17.1. The Morgan fingerprint density at radius 2 is 1.77 bits per heavy atom. The van der Waals surface area contributed by atoms with Crippen LogP contribution in [0.3, 0.4) is 0 Å². The normalized spacial score (nSPS) is 16.0. The van der Waals surface area contributed by atoms with Crippen molar-refractivity contribution in [2.24, 2.45) is 0 Å². The highest BCUT2D eigenvalue weighted by atomic mass is 16.5. The quantitative estimate of drug-likeness (QED) is 0.592. The van der Waals surface area contributed by atoms with Crippen molar-refractivity contribution in [1.29, 1.82) is 0 Å². The van der Waals surface area contributed by atoms with Crippen molar-refractivity contribution in [3.63, 3.8) is 0 Å². The fourth-order valence-corrected chi connectivity index (χ4v) is 3.54. The topological polar surface area (TPSA) is 86.9 Å². The van der Waals surface area contributed by atoms with Gasteiger partial charge in [-0.2, -0.15) is 4.98 Å². The number of carbonyl (C=O) groups is 1. The fraction of sp³-hybridized carbons (Fsp3) is 0.318. The van der Waals surface area contributed by atoms with Gasteiger partial charge in [0.15, 0.2) is 5.82 Å². The molecule has 0 radical (unpaired) electrons. The molecule has 1 aliphatic heterocycles. The average Bonchev–Trinajstić information content (AvgIpc) is 3.41. The minimum atomic E-state index is -0.117. The molecule has 1 saturated heterocycles. The SMILES string of the molecule is COc1cccc(CN2CC(c3noc(-c4cc(OC)cc(OC)c4)n3)CC2=O)c1. The Kier molecular flexibility index (Phi) is 5.56. The number of hydrogen-bond acceptors (Lipinski definition) is 7. The fourth-order valence-electron chi connectivity index (χ4n) is 3.54. The van der Waals surface area contributed by atoms with Crippen molar-refractivity contribution in [1.82, 2.24) is 15.0 Å². The number of methoxy groups -OCH3 is 3. The van der Waals surface area contributed by atoms with E-state index in [9.17, 15) is 4.79 Å². The minimum absolute atomic E-state index is 0.0669. The van der Waals surface area contributed by atoms with Crippen LogP contribution in [-0.2, 0) is 11.3 Å². The summed E-state index contributed by atoms with van der Waals surface area (Å²) in [5, 5.41) is 4.12. The van der Waals surface area contributed by atoms with Gasteiger partial charge in [-0.15, -0.1) is 0 Å². The smallest absolute Gasteiger partial charge is 0.258 e. The first-order chi connectivity index (χ1) is 14.6. The maximum atomic E-state index is 12.5. The molecule has 1 unspecified atom stereocenters. The Bertz CT molecular complexity index is 1030. The molecule has 8 nitrogen and oxygen atoms in total. The van der Waals surface area contributed by atoms with Gasteiger partial charge in [-0.1, -0.05) is 17.3 Å². The highest BCUT2D eigenvalue weighted by Crippen LogP contribution is 2.32. The molecular formula is C22H23N3O5. The molecular weight excluding hydrogens is 386 g/mol. The van der Waals surface area contributed by atoms with E-state index in [1.165, 1.54) is 0 Å². The second-order valence-electron chi connectivity index (χ2n) is 7.09. The number of ether oxygens (including phenoxy) is 3. The molecule has 1 aliphatic rings. The number of hydrogen-bond donors (Lipinski definition) is 0. The Balaban J connectivity index is 1.50. The van der Waals surface area contributed by atoms with Gasteiger partial charge in [0.25, 0.3) is 5.89 Å². The molecule has 0 saturated carbocycles. The lowest BCUT2D eigenvalue weighted by atomic mass is 10.1. The summed E-state index contributed by atoms with van der Waals surface area (Å²) in [7, 11) is 4.79. The summed E-state index contributed by atoms with van der Waals surface area (Å²) in [6, 6.07) is 13.1. The molecule has 1 amide bonds. The van der Waals surface area contributed by atoms with Gasteiger partial charge in [-0.05, 0) is 29.8 Å². The van der Waals surface area contributed by atoms with E-state index in [2.05, 4.69) is 10.1 Å². The Labute approximate surface area is 174 Å². The summed E-state index contributed by atoms with van der Waals surface area (Å²) in [4.78, 5) is 18.9. The number of nitrogens with zero attached hydrogens (tertiary/aromatic N) is 3. The molecule has 1 fully saturated rings. The third kappa shape index (κ3) is 4.07. The van der Waals surface area contributed by atoms with Crippen molar-refractivity contribution in [3.05, 3.63) is 53.9 Å². The molecule has 8 heteroatoms. The first-order valence-electron chi connectivity index (χ1n) is 9.57. The molecule has 0 bridgehead atoms. The Morgan fingerprint density at radius 3 is 2.47 bits per heavy atom. The van der Waals surface area contributed by atoms with E-state index in [4.69, 9.17) is 18.7 Å². The number of carbonyl (C=O) groups excluding carboxylic acids is 1. The summed E-state index contributed by atoms with van der Waals surface area (Å²) in [5.41, 5.74) is 1.71. The monoisotopic (exact) mass is 409 g/mol. The van der Waals surface area contributed by atoms with Crippen LogP contribution in [0, 0.1) is 0 Å². The highest BCUT2D eigenvalue weighted by Gasteiger charge is 2.33. The van der Waals surface area contributed by atoms with E-state index in [0.717, 1.165) is 11.3 Å². The largest absolute Gasteiger partial charge is 0.497 e. The zero-order chi connectivity index (χ0) is 21.1. The van der Waals surface area contributed by atoms with Crippen LogP contribution < -0.4 is 14.2 Å². The van der Waals surface area contributed by atoms with E-state index in [1.807, 2.05) is 29.2 Å². The van der Waals surface area contributed by atoms with Gasteiger partial charge in [-0.3, -0.25) is 4.79 Å². The van der Waals surface area contributed by atoms with Crippen molar-refractivity contribution >= 4 is 5.91 Å². The zero-order valence-electron chi connectivity index (χ0n) is 17.1. The summed E-state index contributed by atoms with van der Waals surface area (Å²) in [6.07, 6.45) is 0.352. The lowest BCUT2D eigenvalue weighted by Crippen LogP contribution is -2.24. The Hall–Kier alpha value is -3.55. The number of rotatable bonds is 7. The highest BCUT2D eigenvalue weighted by molar-refractivity contribution is 5.79. The predicted octanol–water partition coefficient (Wildman–Crippen LogP) is 3.28. The van der Waals surface area contributed by atoms with Crippen LogP contribution in [0.2, 0.25) is 0 Å². The van der Waals surface area contributed by atoms with Crippen LogP contribution in [0.15, 0.2) is 47.0 Å². The van der Waals surface area contributed by atoms with Crippen LogP contribution in [0.4, 0.5) is 0 Å². The molecule has 4 rings (SSSR count). The molecule has 3 aromatic rings. The van der Waals surface area contributed by atoms with E-state index in [1.54, 1.807) is 39.5 Å². The maximum absolute atomic E-state index is 12.5. The first kappa shape index (κ1) is 19.8. The summed E-state index contributed by atoms with van der Waals surface area (Å²) < 4.78 is 21.3. The molecule has 0 spiro atoms. The van der Waals surface area contributed by atoms with E-state index >= 15 is 0 Å². The van der Waals surface area contributed by atoms with Gasteiger partial charge in [0, 0.05) is 37.1 Å². The van der Waals surface area contributed by atoms with Crippen LogP contribution in [-0.4, -0.2) is 48.8 Å². The standard InChI is InChI=1S/C22H23N3O5/c1-27-17-6-4-5-14(7-17)12-25-13-16(10-20(25)26)21-23-22(30-24-21)15-8-18(28-2)11-19(9-15)29-3/h4-9,11,16H,10,12-13H2,1-3H3. The third-order valence-corrected chi connectivity index (χ3v) is 5.13. The van der Waals surface area contributed by atoms with Crippen LogP contribution in [0.5, 0.6) is 17.2 Å². The molecule has 2 heterocycles. The van der Waals surface area contributed by atoms with E-state index < -0.39 is 0 Å². The summed E-state index contributed by atoms with van der Waals surface area (Å²) >= 11 is 0. The van der Waals surface area contributed by atoms with Crippen LogP contribution >= 0.6 is 0 Å². The number of amides is 1. The van der Waals surface area contributed by atoms with Crippen molar-refractivity contribution in [2.75, 3.05) is 27.9 Å². The number of benzene rings is 2. The van der Waals surface area contributed by atoms with Gasteiger partial charge in [0.1, 0.15) is 17.2 Å². The third-order valence-electron chi connectivity index (χ3n) is 5.13. The second-order valence-corrected chi connectivity index (χ2v) is 7.09. The first-order valence-corrected chi connectivity index (χ1v) is 9.57. The van der Waals surface area contributed by atoms with Crippen molar-refractivity contribution in [3.8, 4) is 28.7 Å². The van der Waals surface area contributed by atoms with Crippen molar-refractivity contribution < 1.29 is 23.5 Å². The van der Waals surface area contributed by atoms with Gasteiger partial charge in [0.2, 0.25) is 5.91 Å². The van der Waals surface area contributed by atoms with Crippen LogP contribution in [0.1, 0.15) is 23.7 Å². The lowest BCUT2D eigenvalue weighted by molar-refractivity contribution is -0.128. The predicted molar refractivity (Wildman–Crippen MR) is 109 cm³/mol. The number of likely N-dealkylation sites (tertiary alicyclic amines) is 1.